The van der Waals surface area contributed by atoms with Crippen LogP contribution in [0.3, 0.4) is 0 Å². The van der Waals surface area contributed by atoms with E-state index in [1.807, 2.05) is 13.8 Å². The lowest BCUT2D eigenvalue weighted by atomic mass is 9.95. The molecule has 1 aliphatic heterocycles. The van der Waals surface area contributed by atoms with Crippen LogP contribution in [0.15, 0.2) is 0 Å². The molecule has 0 saturated carbocycles. The summed E-state index contributed by atoms with van der Waals surface area (Å²) >= 11 is 0. The maximum atomic E-state index is 5.74. The van der Waals surface area contributed by atoms with E-state index in [-0.39, 0.29) is 23.7 Å². The normalized spacial score (nSPS) is 23.1. The standard InChI is InChI=1S/C13H23N5O2/c1-9(2)20-12-16-10(14)15-11(17-12)18-7-5-6-13(3,8-18)19-4/h9H,5-8H2,1-4H3,(H2,14,15,16,17). The summed E-state index contributed by atoms with van der Waals surface area (Å²) in [5.74, 6) is 0.728. The monoisotopic (exact) mass is 281 g/mol. The van der Waals surface area contributed by atoms with Crippen molar-refractivity contribution in [3.8, 4) is 6.01 Å². The number of anilines is 2. The molecule has 7 nitrogen and oxygen atoms in total. The summed E-state index contributed by atoms with van der Waals surface area (Å²) in [4.78, 5) is 14.6. The van der Waals surface area contributed by atoms with E-state index in [2.05, 4.69) is 26.8 Å². The number of nitrogens with zero attached hydrogens (tertiary/aromatic N) is 4. The van der Waals surface area contributed by atoms with Gasteiger partial charge in [0.1, 0.15) is 0 Å². The Labute approximate surface area is 119 Å². The number of rotatable bonds is 4. The van der Waals surface area contributed by atoms with Gasteiger partial charge in [0.05, 0.1) is 11.7 Å². The van der Waals surface area contributed by atoms with Gasteiger partial charge in [-0.2, -0.15) is 15.0 Å². The number of hydrogen-bond donors (Lipinski definition) is 1. The second-order valence-corrected chi connectivity index (χ2v) is 5.62. The minimum atomic E-state index is -0.182. The Bertz CT molecular complexity index is 468. The average Bonchev–Trinajstić information content (AvgIpc) is 2.37. The first-order chi connectivity index (χ1) is 9.42. The lowest BCUT2D eigenvalue weighted by molar-refractivity contribution is -0.00503. The summed E-state index contributed by atoms with van der Waals surface area (Å²) in [6, 6.07) is 0.271. The molecule has 1 unspecified atom stereocenters. The van der Waals surface area contributed by atoms with Crippen molar-refractivity contribution in [2.45, 2.75) is 45.3 Å². The topological polar surface area (TPSA) is 86.4 Å². The molecule has 0 bridgehead atoms. The van der Waals surface area contributed by atoms with E-state index in [1.165, 1.54) is 0 Å². The molecule has 1 aromatic rings. The maximum absolute atomic E-state index is 5.74. The predicted molar refractivity (Wildman–Crippen MR) is 76.9 cm³/mol. The zero-order chi connectivity index (χ0) is 14.8. The summed E-state index contributed by atoms with van der Waals surface area (Å²) in [5.41, 5.74) is 5.56. The molecule has 2 heterocycles. The van der Waals surface area contributed by atoms with Crippen LogP contribution >= 0.6 is 0 Å². The van der Waals surface area contributed by atoms with E-state index in [1.54, 1.807) is 7.11 Å². The van der Waals surface area contributed by atoms with Gasteiger partial charge in [-0.1, -0.05) is 0 Å². The molecular weight excluding hydrogens is 258 g/mol. The number of nitrogen functional groups attached to an aromatic ring is 1. The SMILES string of the molecule is COC1(C)CCCN(c2nc(N)nc(OC(C)C)n2)C1. The number of methoxy groups -OCH3 is 1. The molecule has 7 heteroatoms. The van der Waals surface area contributed by atoms with Gasteiger partial charge >= 0.3 is 6.01 Å². The van der Waals surface area contributed by atoms with Crippen molar-refractivity contribution in [2.24, 2.45) is 0 Å². The molecule has 1 fully saturated rings. The largest absolute Gasteiger partial charge is 0.461 e. The van der Waals surface area contributed by atoms with E-state index in [0.717, 1.165) is 25.9 Å². The van der Waals surface area contributed by atoms with E-state index in [9.17, 15) is 0 Å². The van der Waals surface area contributed by atoms with E-state index in [4.69, 9.17) is 15.2 Å². The molecule has 1 saturated heterocycles. The van der Waals surface area contributed by atoms with E-state index >= 15 is 0 Å². The van der Waals surface area contributed by atoms with Gasteiger partial charge in [0.15, 0.2) is 0 Å². The molecule has 20 heavy (non-hydrogen) atoms. The molecule has 0 aromatic carbocycles. The fourth-order valence-electron chi connectivity index (χ4n) is 2.31. The highest BCUT2D eigenvalue weighted by Crippen LogP contribution is 2.27. The Hall–Kier alpha value is -1.63. The van der Waals surface area contributed by atoms with Gasteiger partial charge in [-0.25, -0.2) is 0 Å². The van der Waals surface area contributed by atoms with Crippen LogP contribution in [0, 0.1) is 0 Å². The number of piperidine rings is 1. The summed E-state index contributed by atoms with van der Waals surface area (Å²) < 4.78 is 11.1. The minimum absolute atomic E-state index is 0.00440. The number of hydrogen-bond acceptors (Lipinski definition) is 7. The zero-order valence-corrected chi connectivity index (χ0v) is 12.6. The number of nitrogens with two attached hydrogens (primary N) is 1. The van der Waals surface area contributed by atoms with Gasteiger partial charge < -0.3 is 20.1 Å². The van der Waals surface area contributed by atoms with Crippen LogP contribution in [-0.4, -0.2) is 46.9 Å². The van der Waals surface area contributed by atoms with E-state index in [0.29, 0.717) is 5.95 Å². The summed E-state index contributed by atoms with van der Waals surface area (Å²) in [6.07, 6.45) is 2.04. The van der Waals surface area contributed by atoms with E-state index < -0.39 is 0 Å². The lowest BCUT2D eigenvalue weighted by Gasteiger charge is -2.39. The van der Waals surface area contributed by atoms with Crippen molar-refractivity contribution in [2.75, 3.05) is 30.8 Å². The maximum Gasteiger partial charge on any atom is 0.323 e. The van der Waals surface area contributed by atoms with Gasteiger partial charge in [0.25, 0.3) is 0 Å². The van der Waals surface area contributed by atoms with Gasteiger partial charge in [0.2, 0.25) is 11.9 Å². The number of ether oxygens (including phenoxy) is 2. The van der Waals surface area contributed by atoms with Crippen LogP contribution in [0.4, 0.5) is 11.9 Å². The predicted octanol–water partition coefficient (Wildman–Crippen LogP) is 1.25. The van der Waals surface area contributed by atoms with Gasteiger partial charge in [-0.05, 0) is 33.6 Å². The third kappa shape index (κ3) is 3.47. The highest BCUT2D eigenvalue weighted by atomic mass is 16.5. The molecule has 0 amide bonds. The highest BCUT2D eigenvalue weighted by Gasteiger charge is 2.32. The molecule has 0 spiro atoms. The summed E-state index contributed by atoms with van der Waals surface area (Å²) in [7, 11) is 1.73. The fourth-order valence-corrected chi connectivity index (χ4v) is 2.31. The summed E-state index contributed by atoms with van der Waals surface area (Å²) in [6.45, 7) is 7.54. The van der Waals surface area contributed by atoms with Crippen molar-refractivity contribution < 1.29 is 9.47 Å². The van der Waals surface area contributed by atoms with Crippen LogP contribution in [0.2, 0.25) is 0 Å². The van der Waals surface area contributed by atoms with Crippen molar-refractivity contribution in [1.29, 1.82) is 0 Å². The van der Waals surface area contributed by atoms with Crippen LogP contribution in [0.1, 0.15) is 33.6 Å². The smallest absolute Gasteiger partial charge is 0.323 e. The molecule has 1 aromatic heterocycles. The third-order valence-electron chi connectivity index (χ3n) is 3.40. The van der Waals surface area contributed by atoms with Gasteiger partial charge in [0, 0.05) is 20.2 Å². The first-order valence-corrected chi connectivity index (χ1v) is 6.90. The second-order valence-electron chi connectivity index (χ2n) is 5.62. The Morgan fingerprint density at radius 3 is 2.70 bits per heavy atom. The van der Waals surface area contributed by atoms with Gasteiger partial charge in [-0.15, -0.1) is 0 Å². The molecule has 1 aliphatic rings. The summed E-state index contributed by atoms with van der Waals surface area (Å²) in [5, 5.41) is 0. The van der Waals surface area contributed by atoms with Crippen LogP contribution < -0.4 is 15.4 Å². The molecular formula is C13H23N5O2. The quantitative estimate of drug-likeness (QED) is 0.888. The second kappa shape index (κ2) is 5.78. The van der Waals surface area contributed by atoms with Crippen LogP contribution in [-0.2, 0) is 4.74 Å². The Morgan fingerprint density at radius 2 is 2.05 bits per heavy atom. The molecule has 0 radical (unpaired) electrons. The highest BCUT2D eigenvalue weighted by molar-refractivity contribution is 5.37. The Kier molecular flexibility index (Phi) is 4.27. The van der Waals surface area contributed by atoms with Crippen LogP contribution in [0.5, 0.6) is 6.01 Å². The lowest BCUT2D eigenvalue weighted by Crippen LogP contribution is -2.48. The zero-order valence-electron chi connectivity index (χ0n) is 12.6. The Morgan fingerprint density at radius 1 is 1.30 bits per heavy atom. The minimum Gasteiger partial charge on any atom is -0.461 e. The van der Waals surface area contributed by atoms with Crippen molar-refractivity contribution >= 4 is 11.9 Å². The molecule has 0 aliphatic carbocycles. The van der Waals surface area contributed by atoms with Crippen LogP contribution in [0.25, 0.3) is 0 Å². The van der Waals surface area contributed by atoms with Crippen molar-refractivity contribution in [1.82, 2.24) is 15.0 Å². The van der Waals surface area contributed by atoms with Crippen molar-refractivity contribution in [3.63, 3.8) is 0 Å². The average molecular weight is 281 g/mol. The van der Waals surface area contributed by atoms with Gasteiger partial charge in [-0.3, -0.25) is 0 Å². The first-order valence-electron chi connectivity index (χ1n) is 6.90. The molecule has 2 N–H and O–H groups in total. The molecule has 1 atom stereocenters. The first kappa shape index (κ1) is 14.8. The number of aromatic nitrogens is 3. The molecule has 112 valence electrons. The Balaban J connectivity index is 2.21. The van der Waals surface area contributed by atoms with Crippen molar-refractivity contribution in [3.05, 3.63) is 0 Å². The third-order valence-corrected chi connectivity index (χ3v) is 3.40. The fraction of sp³-hybridized carbons (Fsp3) is 0.769. The molecule has 2 rings (SSSR count).